The molecule has 0 aliphatic carbocycles. The van der Waals surface area contributed by atoms with Gasteiger partial charge in [-0.05, 0) is 11.6 Å². The first-order valence-corrected chi connectivity index (χ1v) is 3.62. The molecule has 0 fully saturated rings. The van der Waals surface area contributed by atoms with Crippen LogP contribution in [0.15, 0.2) is 0 Å². The molecule has 0 radical (unpaired) electrons. The molecule has 74 valence electrons. The molecule has 0 N–H and O–H groups in total. The molecule has 9 heteroatoms. The second-order valence-electron chi connectivity index (χ2n) is 1.67. The zero-order valence-corrected chi connectivity index (χ0v) is 7.96. The predicted molar refractivity (Wildman–Crippen MR) is 37.1 cm³/mol. The second kappa shape index (κ2) is 3.53. The molecular weight excluding hydrogens is 270 g/mol. The average Bonchev–Trinajstić information content (AvgIpc) is 1.85. The summed E-state index contributed by atoms with van der Waals surface area (Å²) in [5.74, 6) is -5.01. The predicted octanol–water partition coefficient (Wildman–Crippen LogP) is 3.76. The van der Waals surface area contributed by atoms with Crippen molar-refractivity contribution >= 4 is 46.7 Å². The molecular formula is C3Cl4F4O. The van der Waals surface area contributed by atoms with Gasteiger partial charge in [0.1, 0.15) is 0 Å². The van der Waals surface area contributed by atoms with Gasteiger partial charge in [0.2, 0.25) is 0 Å². The number of alkyl halides is 7. The Hall–Kier alpha value is 0.840. The Bertz CT molecular complexity index is 166. The Labute approximate surface area is 84.6 Å². The molecule has 0 aromatic rings. The standard InChI is InChI=1S/C3Cl4F4O/c4-2(5,12-7)1(8,9)3(6,10)11. The second-order valence-corrected chi connectivity index (χ2v) is 3.55. The zero-order valence-electron chi connectivity index (χ0n) is 4.93. The minimum Gasteiger partial charge on any atom is -0.232 e. The molecule has 0 atom stereocenters. The molecule has 12 heavy (non-hydrogen) atoms. The Kier molecular flexibility index (Phi) is 3.78. The first-order valence-electron chi connectivity index (χ1n) is 2.18. The van der Waals surface area contributed by atoms with Crippen molar-refractivity contribution in [3.05, 3.63) is 0 Å². The van der Waals surface area contributed by atoms with Crippen molar-refractivity contribution in [2.45, 2.75) is 15.8 Å². The van der Waals surface area contributed by atoms with E-state index >= 15 is 0 Å². The van der Waals surface area contributed by atoms with E-state index in [1.165, 1.54) is 0 Å². The lowest BCUT2D eigenvalue weighted by Gasteiger charge is -2.28. The minimum absolute atomic E-state index is 3.22. The molecule has 0 amide bonds. The average molecular weight is 270 g/mol. The summed E-state index contributed by atoms with van der Waals surface area (Å²) in [5.41, 5.74) is 0. The molecule has 0 aromatic carbocycles. The van der Waals surface area contributed by atoms with Crippen LogP contribution in [0.2, 0.25) is 0 Å². The molecule has 0 heterocycles. The summed E-state index contributed by atoms with van der Waals surface area (Å²) in [6.45, 7) is 0. The highest BCUT2D eigenvalue weighted by Gasteiger charge is 2.69. The van der Waals surface area contributed by atoms with Gasteiger partial charge in [-0.25, -0.2) is 4.29 Å². The molecule has 0 bridgehead atoms. The molecule has 0 unspecified atom stereocenters. The van der Waals surface area contributed by atoms with Crippen LogP contribution in [-0.4, -0.2) is 15.8 Å². The van der Waals surface area contributed by atoms with E-state index in [-0.39, 0.29) is 0 Å². The molecule has 0 saturated heterocycles. The Morgan fingerprint density at radius 2 is 1.25 bits per heavy atom. The van der Waals surface area contributed by atoms with Crippen LogP contribution in [0.1, 0.15) is 0 Å². The van der Waals surface area contributed by atoms with E-state index in [1.54, 1.807) is 0 Å². The van der Waals surface area contributed by atoms with Gasteiger partial charge in [0.25, 0.3) is 0 Å². The van der Waals surface area contributed by atoms with E-state index < -0.39 is 15.8 Å². The van der Waals surface area contributed by atoms with Gasteiger partial charge in [-0.15, -0.1) is 0 Å². The Morgan fingerprint density at radius 1 is 0.917 bits per heavy atom. The van der Waals surface area contributed by atoms with Gasteiger partial charge in [-0.2, -0.15) is 17.6 Å². The molecule has 0 saturated carbocycles. The van der Waals surface area contributed by atoms with Crippen molar-refractivity contribution in [3.8, 4) is 0 Å². The van der Waals surface area contributed by atoms with Crippen LogP contribution in [-0.2, 0) is 4.29 Å². The van der Waals surface area contributed by atoms with E-state index in [4.69, 9.17) is 0 Å². The SMILES string of the molecule is FC(F)(Cl)C(F)(F)C(Cl)(Cl)OCl. The molecule has 0 aliphatic heterocycles. The quantitative estimate of drug-likeness (QED) is 0.560. The van der Waals surface area contributed by atoms with E-state index in [0.29, 0.717) is 0 Å². The lowest BCUT2D eigenvalue weighted by atomic mass is 10.3. The third-order valence-corrected chi connectivity index (χ3v) is 2.07. The van der Waals surface area contributed by atoms with Crippen LogP contribution < -0.4 is 0 Å². The molecule has 0 aromatic heterocycles. The lowest BCUT2D eigenvalue weighted by Crippen LogP contribution is -2.50. The fourth-order valence-corrected chi connectivity index (χ4v) is 0.777. The van der Waals surface area contributed by atoms with Gasteiger partial charge < -0.3 is 0 Å². The molecule has 0 aliphatic rings. The summed E-state index contributed by atoms with van der Waals surface area (Å²) < 4.78 is 48.1. The zero-order chi connectivity index (χ0) is 10.2. The maximum absolute atomic E-state index is 12.4. The van der Waals surface area contributed by atoms with Crippen LogP contribution in [0.4, 0.5) is 17.6 Å². The van der Waals surface area contributed by atoms with Gasteiger partial charge in [0.15, 0.2) is 0 Å². The van der Waals surface area contributed by atoms with Gasteiger partial charge >= 0.3 is 15.8 Å². The highest BCUT2D eigenvalue weighted by Crippen LogP contribution is 2.51. The topological polar surface area (TPSA) is 9.23 Å². The summed E-state index contributed by atoms with van der Waals surface area (Å²) in [5, 5.41) is -4.95. The number of rotatable bonds is 3. The fraction of sp³-hybridized carbons (Fsp3) is 1.00. The minimum atomic E-state index is -5.01. The van der Waals surface area contributed by atoms with Crippen molar-refractivity contribution < 1.29 is 21.9 Å². The fourth-order valence-electron chi connectivity index (χ4n) is 0.213. The van der Waals surface area contributed by atoms with E-state index in [0.717, 1.165) is 0 Å². The van der Waals surface area contributed by atoms with Crippen LogP contribution in [0.3, 0.4) is 0 Å². The number of hydrogen-bond donors (Lipinski definition) is 0. The first kappa shape index (κ1) is 12.8. The maximum Gasteiger partial charge on any atom is 0.389 e. The first-order chi connectivity index (χ1) is 5.06. The van der Waals surface area contributed by atoms with E-state index in [1.807, 2.05) is 0 Å². The van der Waals surface area contributed by atoms with Crippen LogP contribution in [0.5, 0.6) is 0 Å². The third-order valence-electron chi connectivity index (χ3n) is 0.818. The summed E-state index contributed by atoms with van der Waals surface area (Å²) in [6.07, 6.45) is 0. The Balaban J connectivity index is 4.85. The van der Waals surface area contributed by atoms with Crippen LogP contribution in [0.25, 0.3) is 0 Å². The van der Waals surface area contributed by atoms with E-state index in [2.05, 4.69) is 51.0 Å². The highest BCUT2D eigenvalue weighted by atomic mass is 35.5. The monoisotopic (exact) mass is 268 g/mol. The highest BCUT2D eigenvalue weighted by molar-refractivity contribution is 6.49. The summed E-state index contributed by atoms with van der Waals surface area (Å²) in [6, 6.07) is 0. The maximum atomic E-state index is 12.4. The largest absolute Gasteiger partial charge is 0.389 e. The molecule has 0 rings (SSSR count). The van der Waals surface area contributed by atoms with Crippen molar-refractivity contribution in [2.24, 2.45) is 0 Å². The van der Waals surface area contributed by atoms with Crippen molar-refractivity contribution in [1.29, 1.82) is 0 Å². The van der Waals surface area contributed by atoms with Crippen molar-refractivity contribution in [1.82, 2.24) is 0 Å². The molecule has 0 spiro atoms. The number of halogens is 8. The third kappa shape index (κ3) is 2.20. The summed E-state index contributed by atoms with van der Waals surface area (Å²) in [7, 11) is 0. The summed E-state index contributed by atoms with van der Waals surface area (Å²) >= 11 is 17.5. The van der Waals surface area contributed by atoms with Gasteiger partial charge in [-0.3, -0.25) is 0 Å². The normalized spacial score (nSPS) is 15.0. The van der Waals surface area contributed by atoms with Gasteiger partial charge in [0.05, 0.1) is 11.9 Å². The summed E-state index contributed by atoms with van der Waals surface area (Å²) in [4.78, 5) is 0. The smallest absolute Gasteiger partial charge is 0.232 e. The van der Waals surface area contributed by atoms with Crippen LogP contribution >= 0.6 is 46.7 Å². The Morgan fingerprint density at radius 3 is 1.33 bits per heavy atom. The van der Waals surface area contributed by atoms with Crippen molar-refractivity contribution in [3.63, 3.8) is 0 Å². The van der Waals surface area contributed by atoms with Crippen LogP contribution in [0, 0.1) is 0 Å². The van der Waals surface area contributed by atoms with Crippen molar-refractivity contribution in [2.75, 3.05) is 0 Å². The van der Waals surface area contributed by atoms with E-state index in [9.17, 15) is 17.6 Å². The molecule has 1 nitrogen and oxygen atoms in total. The van der Waals surface area contributed by atoms with Gasteiger partial charge in [-0.1, -0.05) is 23.2 Å². The van der Waals surface area contributed by atoms with Gasteiger partial charge in [0, 0.05) is 0 Å². The number of hydrogen-bond acceptors (Lipinski definition) is 1. The lowest BCUT2D eigenvalue weighted by molar-refractivity contribution is -0.197.